The van der Waals surface area contributed by atoms with Crippen molar-refractivity contribution in [2.45, 2.75) is 136 Å². The van der Waals surface area contributed by atoms with Crippen LogP contribution in [0.25, 0.3) is 33.2 Å². The summed E-state index contributed by atoms with van der Waals surface area (Å²) in [4.78, 5) is 5.26. The first kappa shape index (κ1) is 56.2. The lowest BCUT2D eigenvalue weighted by Gasteiger charge is -2.47. The van der Waals surface area contributed by atoms with E-state index in [4.69, 9.17) is 4.42 Å². The highest BCUT2D eigenvalue weighted by Crippen LogP contribution is 2.55. The van der Waals surface area contributed by atoms with Crippen LogP contribution in [0.5, 0.6) is 0 Å². The van der Waals surface area contributed by atoms with Gasteiger partial charge in [-0.25, -0.2) is 0 Å². The van der Waals surface area contributed by atoms with Crippen LogP contribution >= 0.6 is 0 Å². The summed E-state index contributed by atoms with van der Waals surface area (Å²) in [6.45, 7) is 28.8. The number of anilines is 6. The van der Waals surface area contributed by atoms with E-state index in [1.165, 1.54) is 115 Å². The molecule has 0 atom stereocenters. The summed E-state index contributed by atoms with van der Waals surface area (Å²) < 4.78 is 7.77. The third kappa shape index (κ3) is 8.72. The van der Waals surface area contributed by atoms with Crippen LogP contribution in [-0.4, -0.2) is 14.8 Å². The molecule has 0 unspecified atom stereocenters. The Morgan fingerprint density at radius 2 is 0.886 bits per heavy atom. The summed E-state index contributed by atoms with van der Waals surface area (Å²) in [5.41, 5.74) is 24.7. The molecule has 2 aliphatic heterocycles. The monoisotopic (exact) mass is 1160 g/mol. The van der Waals surface area contributed by atoms with Crippen LogP contribution in [0.3, 0.4) is 0 Å². The van der Waals surface area contributed by atoms with Gasteiger partial charge in [-0.15, -0.1) is 0 Å². The second-order valence-corrected chi connectivity index (χ2v) is 33.7. The molecule has 3 heterocycles. The van der Waals surface area contributed by atoms with Gasteiger partial charge in [-0.05, 0) is 196 Å². The molecule has 0 spiro atoms. The SMILES string of the molecule is Cc1cc2c3c(c1)N(c1ccc(C(C)(C)C)cc1)c1c(oc4cc5c(cc14)C(C)(C)CCC5(C)C)B3c1cc3c(cc1N2c1ccc(-c2ccc([Si](c4ccccc4)(c4ccccc4)c4ccccc4)cc2)cc1-c1ccccc1)C(C)(C)CCC3(C)C. The van der Waals surface area contributed by atoms with E-state index in [0.29, 0.717) is 0 Å². The van der Waals surface area contributed by atoms with Gasteiger partial charge in [0.15, 0.2) is 8.07 Å². The van der Waals surface area contributed by atoms with Crippen molar-refractivity contribution in [3.05, 3.63) is 258 Å². The molecule has 3 nitrogen and oxygen atoms in total. The Bertz CT molecular complexity index is 4440. The van der Waals surface area contributed by atoms with Gasteiger partial charge in [0.05, 0.1) is 17.0 Å². The zero-order valence-electron chi connectivity index (χ0n) is 53.6. The first-order chi connectivity index (χ1) is 42.1. The van der Waals surface area contributed by atoms with Crippen molar-refractivity contribution in [1.82, 2.24) is 0 Å². The van der Waals surface area contributed by atoms with E-state index < -0.39 is 8.07 Å². The van der Waals surface area contributed by atoms with Crippen molar-refractivity contribution in [1.29, 1.82) is 0 Å². The van der Waals surface area contributed by atoms with Crippen molar-refractivity contribution in [3.8, 4) is 22.3 Å². The Kier molecular flexibility index (Phi) is 12.8. The second-order valence-electron chi connectivity index (χ2n) is 29.8. The highest BCUT2D eigenvalue weighted by atomic mass is 28.3. The van der Waals surface area contributed by atoms with Crippen LogP contribution < -0.4 is 47.1 Å². The lowest BCUT2D eigenvalue weighted by Crippen LogP contribution is -2.74. The first-order valence-electron chi connectivity index (χ1n) is 32.3. The Morgan fingerprint density at radius 3 is 1.42 bits per heavy atom. The topological polar surface area (TPSA) is 19.6 Å². The zero-order valence-corrected chi connectivity index (χ0v) is 54.6. The van der Waals surface area contributed by atoms with Crippen molar-refractivity contribution < 1.29 is 4.42 Å². The third-order valence-electron chi connectivity index (χ3n) is 21.3. The summed E-state index contributed by atoms with van der Waals surface area (Å²) in [7, 11) is -2.73. The van der Waals surface area contributed by atoms with E-state index >= 15 is 0 Å². The quantitative estimate of drug-likeness (QED) is 0.112. The molecule has 0 bridgehead atoms. The average molecular weight is 1160 g/mol. The lowest BCUT2D eigenvalue weighted by molar-refractivity contribution is 0.332. The Morgan fingerprint density at radius 1 is 0.420 bits per heavy atom. The van der Waals surface area contributed by atoms with Crippen molar-refractivity contribution in [3.63, 3.8) is 0 Å². The molecule has 88 heavy (non-hydrogen) atoms. The number of nitrogens with zero attached hydrogens (tertiary/aromatic N) is 2. The van der Waals surface area contributed by atoms with Crippen LogP contribution in [0.4, 0.5) is 34.1 Å². The fraction of sp³-hybridized carbons (Fsp3) is 0.253. The molecule has 2 aliphatic carbocycles. The van der Waals surface area contributed by atoms with Gasteiger partial charge in [0.1, 0.15) is 5.58 Å². The van der Waals surface area contributed by atoms with Gasteiger partial charge in [0, 0.05) is 33.7 Å². The Labute approximate surface area is 524 Å². The standard InChI is InChI=1S/C83H81BN2OSi/c1-54-47-73-76-74(48-54)86(71-42-35-57(49-64(71)56-25-17-13-18-26-56)55-33-40-63(41-34-55)88(60-27-19-14-20-28-60,61-29-21-15-22-30-61)62-31-23-16-24-32-62)72-52-68-67(81(7,8)44-45-82(68,9)10)51-70(72)84(76)78-77(85(73)59-38-36-58(37-39-59)79(2,3)4)65-50-66-69(53-75(65)87-78)83(11,12)46-43-80(66,5)6/h13-42,47-53H,43-46H2,1-12H3. The molecule has 10 aromatic carbocycles. The fourth-order valence-corrected chi connectivity index (χ4v) is 20.9. The molecule has 0 saturated heterocycles. The minimum absolute atomic E-state index is 0.000671. The predicted octanol–water partition coefficient (Wildman–Crippen LogP) is 17.5. The molecule has 436 valence electrons. The van der Waals surface area contributed by atoms with E-state index in [1.54, 1.807) is 0 Å². The van der Waals surface area contributed by atoms with Gasteiger partial charge >= 0.3 is 0 Å². The number of hydrogen-bond acceptors (Lipinski definition) is 3. The molecule has 5 heteroatoms. The van der Waals surface area contributed by atoms with Crippen molar-refractivity contribution in [2.75, 3.05) is 9.80 Å². The third-order valence-corrected chi connectivity index (χ3v) is 26.1. The molecule has 0 saturated carbocycles. The Hall–Kier alpha value is -8.38. The normalized spacial score (nSPS) is 16.8. The number of benzene rings is 10. The average Bonchev–Trinajstić information content (AvgIpc) is 1.70. The molecule has 15 rings (SSSR count). The molecule has 0 N–H and O–H groups in total. The van der Waals surface area contributed by atoms with E-state index in [9.17, 15) is 0 Å². The van der Waals surface area contributed by atoms with Gasteiger partial charge in [-0.1, -0.05) is 246 Å². The maximum absolute atomic E-state index is 7.77. The number of furan rings is 1. The van der Waals surface area contributed by atoms with E-state index in [-0.39, 0.29) is 33.8 Å². The summed E-state index contributed by atoms with van der Waals surface area (Å²) in [5.74, 6) is 0. The number of fused-ring (bicyclic) bond motifs is 8. The summed E-state index contributed by atoms with van der Waals surface area (Å²) >= 11 is 0. The van der Waals surface area contributed by atoms with Crippen LogP contribution in [0.15, 0.2) is 229 Å². The van der Waals surface area contributed by atoms with Crippen molar-refractivity contribution >= 4 is 97.2 Å². The molecule has 0 radical (unpaired) electrons. The smallest absolute Gasteiger partial charge is 0.297 e. The number of rotatable bonds is 8. The Balaban J connectivity index is 0.981. The molecule has 11 aromatic rings. The van der Waals surface area contributed by atoms with Gasteiger partial charge < -0.3 is 14.2 Å². The molecule has 1 aromatic heterocycles. The molecule has 0 fully saturated rings. The zero-order chi connectivity index (χ0) is 60.9. The van der Waals surface area contributed by atoms with Crippen LogP contribution in [0.2, 0.25) is 0 Å². The largest absolute Gasteiger partial charge is 0.468 e. The second kappa shape index (κ2) is 20.1. The minimum Gasteiger partial charge on any atom is -0.468 e. The van der Waals surface area contributed by atoms with Crippen LogP contribution in [0.1, 0.15) is 135 Å². The van der Waals surface area contributed by atoms with Gasteiger partial charge in [-0.2, -0.15) is 0 Å². The minimum atomic E-state index is -2.73. The van der Waals surface area contributed by atoms with Gasteiger partial charge in [-0.3, -0.25) is 0 Å². The molecule has 0 amide bonds. The fourth-order valence-electron chi connectivity index (χ4n) is 16.1. The van der Waals surface area contributed by atoms with Crippen LogP contribution in [-0.2, 0) is 27.1 Å². The number of aryl methyl sites for hydroxylation is 1. The van der Waals surface area contributed by atoms with Gasteiger partial charge in [0.2, 0.25) is 0 Å². The lowest BCUT2D eigenvalue weighted by atomic mass is 9.35. The highest BCUT2D eigenvalue weighted by Gasteiger charge is 2.50. The molecular formula is C83H81BN2OSi. The van der Waals surface area contributed by atoms with E-state index in [0.717, 1.165) is 48.3 Å². The first-order valence-corrected chi connectivity index (χ1v) is 34.3. The molecule has 4 aliphatic rings. The summed E-state index contributed by atoms with van der Waals surface area (Å²) in [5, 5.41) is 6.67. The summed E-state index contributed by atoms with van der Waals surface area (Å²) in [6, 6.07) is 86.5. The van der Waals surface area contributed by atoms with E-state index in [2.05, 4.69) is 317 Å². The number of hydrogen-bond donors (Lipinski definition) is 0. The van der Waals surface area contributed by atoms with Crippen molar-refractivity contribution in [2.24, 2.45) is 0 Å². The van der Waals surface area contributed by atoms with Crippen LogP contribution in [0, 0.1) is 6.92 Å². The highest BCUT2D eigenvalue weighted by molar-refractivity contribution is 7.19. The maximum Gasteiger partial charge on any atom is 0.297 e. The van der Waals surface area contributed by atoms with Gasteiger partial charge in [0.25, 0.3) is 6.71 Å². The molecular weight excluding hydrogens is 1080 g/mol. The maximum atomic E-state index is 7.77. The predicted molar refractivity (Wildman–Crippen MR) is 379 cm³/mol. The van der Waals surface area contributed by atoms with E-state index in [1.807, 2.05) is 0 Å². The summed E-state index contributed by atoms with van der Waals surface area (Å²) in [6.07, 6.45) is 4.53.